The highest BCUT2D eigenvalue weighted by Gasteiger charge is 2.45. The number of aromatic nitrogens is 2. The lowest BCUT2D eigenvalue weighted by Gasteiger charge is -2.42. The van der Waals surface area contributed by atoms with E-state index >= 15 is 0 Å². The first-order valence-corrected chi connectivity index (χ1v) is 12.8. The molecule has 35 heavy (non-hydrogen) atoms. The van der Waals surface area contributed by atoms with Crippen molar-refractivity contribution in [3.63, 3.8) is 0 Å². The van der Waals surface area contributed by atoms with Gasteiger partial charge in [0.25, 0.3) is 21.2 Å². The molecule has 0 saturated carbocycles. The van der Waals surface area contributed by atoms with E-state index in [-0.39, 0.29) is 0 Å². The number of hydrogen-bond donors (Lipinski definition) is 6. The van der Waals surface area contributed by atoms with Crippen LogP contribution in [0.15, 0.2) is 21.9 Å². The van der Waals surface area contributed by atoms with Crippen molar-refractivity contribution in [3.8, 4) is 0 Å². The molecule has 20 heteroatoms. The zero-order valence-corrected chi connectivity index (χ0v) is 19.5. The van der Waals surface area contributed by atoms with E-state index in [2.05, 4.69) is 13.4 Å². The summed E-state index contributed by atoms with van der Waals surface area (Å²) in [6.07, 6.45) is -12.0. The van der Waals surface area contributed by atoms with Crippen LogP contribution in [0, 0.1) is 0 Å². The number of hydrogen-bond acceptors (Lipinski definition) is 16. The Hall–Kier alpha value is -1.34. The number of aliphatic hydroxyl groups is 4. The van der Waals surface area contributed by atoms with Crippen LogP contribution in [0.2, 0.25) is 0 Å². The van der Waals surface area contributed by atoms with Crippen molar-refractivity contribution in [2.24, 2.45) is 5.73 Å². The molecular formula is C15H23N3O15P2-2. The topological polar surface area (TPSA) is 288 Å². The molecule has 0 aromatic carbocycles. The van der Waals surface area contributed by atoms with Crippen molar-refractivity contribution in [3.05, 3.63) is 33.1 Å². The highest BCUT2D eigenvalue weighted by Crippen LogP contribution is 2.57. The maximum atomic E-state index is 12.0. The lowest BCUT2D eigenvalue weighted by Crippen LogP contribution is -2.61. The van der Waals surface area contributed by atoms with Gasteiger partial charge < -0.3 is 49.9 Å². The molecule has 0 radical (unpaired) electrons. The predicted octanol–water partition coefficient (Wildman–Crippen LogP) is -5.06. The second-order valence-electron chi connectivity index (χ2n) is 7.71. The van der Waals surface area contributed by atoms with E-state index in [0.717, 1.165) is 16.8 Å². The molecule has 0 aliphatic carbocycles. The molecule has 18 nitrogen and oxygen atoms in total. The third-order valence-electron chi connectivity index (χ3n) is 5.19. The smallest absolute Gasteiger partial charge is 0.330 e. The number of ether oxygens (including phenoxy) is 2. The van der Waals surface area contributed by atoms with Crippen molar-refractivity contribution >= 4 is 15.6 Å². The molecule has 2 saturated heterocycles. The van der Waals surface area contributed by atoms with Crippen LogP contribution in [-0.4, -0.2) is 85.5 Å². The number of phosphoric acid groups is 2. The van der Waals surface area contributed by atoms with Crippen molar-refractivity contribution in [2.45, 2.75) is 62.1 Å². The van der Waals surface area contributed by atoms with Gasteiger partial charge in [-0.1, -0.05) is 0 Å². The summed E-state index contributed by atoms with van der Waals surface area (Å²) in [7, 11) is -11.5. The van der Waals surface area contributed by atoms with Crippen molar-refractivity contribution in [2.75, 3.05) is 6.61 Å². The van der Waals surface area contributed by atoms with Gasteiger partial charge in [0.1, 0.15) is 24.4 Å². The molecule has 7 N–H and O–H groups in total. The quantitative estimate of drug-likeness (QED) is 0.166. The third kappa shape index (κ3) is 6.51. The van der Waals surface area contributed by atoms with E-state index < -0.39 is 88.7 Å². The van der Waals surface area contributed by atoms with Gasteiger partial charge in [-0.15, -0.1) is 0 Å². The van der Waals surface area contributed by atoms with E-state index in [4.69, 9.17) is 15.2 Å². The Kier molecular flexibility index (Phi) is 8.52. The number of phosphoric ester groups is 2. The Morgan fingerprint density at radius 3 is 2.37 bits per heavy atom. The fraction of sp³-hybridized carbons (Fsp3) is 0.733. The number of aromatic amines is 1. The minimum Gasteiger partial charge on any atom is -0.756 e. The Morgan fingerprint density at radius 2 is 1.74 bits per heavy atom. The van der Waals surface area contributed by atoms with Crippen LogP contribution in [0.3, 0.4) is 0 Å². The van der Waals surface area contributed by atoms with Gasteiger partial charge in [0.15, 0.2) is 12.5 Å². The van der Waals surface area contributed by atoms with E-state index in [1.54, 1.807) is 0 Å². The minimum atomic E-state index is -5.76. The molecule has 2 aliphatic rings. The van der Waals surface area contributed by atoms with Crippen LogP contribution in [-0.2, 0) is 32.0 Å². The highest BCUT2D eigenvalue weighted by molar-refractivity contribution is 7.59. The van der Waals surface area contributed by atoms with Gasteiger partial charge in [-0.25, -0.2) is 9.11 Å². The normalized spacial score (nSPS) is 39.1. The summed E-state index contributed by atoms with van der Waals surface area (Å²) in [4.78, 5) is 49.0. The summed E-state index contributed by atoms with van der Waals surface area (Å²) in [6.45, 7) is 0.227. The summed E-state index contributed by atoms with van der Waals surface area (Å²) in [5.74, 6) is 0. The Bertz CT molecular complexity index is 1110. The van der Waals surface area contributed by atoms with Crippen LogP contribution in [0.25, 0.3) is 0 Å². The number of nitrogens with one attached hydrogen (secondary N) is 1. The average molecular weight is 547 g/mol. The van der Waals surface area contributed by atoms with E-state index in [9.17, 15) is 48.9 Å². The number of H-pyrrole nitrogens is 1. The first kappa shape index (κ1) is 28.2. The number of rotatable bonds is 8. The maximum absolute atomic E-state index is 12.0. The van der Waals surface area contributed by atoms with Gasteiger partial charge in [0.05, 0.1) is 24.9 Å². The second kappa shape index (κ2) is 10.6. The standard InChI is InChI=1S/C15H25N3O15P2/c1-5-9(20)8(16)11(22)14(30-5)32-35(27,28)33-34(25,26)29-4-6-10(21)12(23)13(31-6)18-3-2-7(19)17-15(18)24/h2-3,5-6,8-14,20-23H,4,16H2,1H3,(H,25,26)(H,27,28)(H,17,19,24)/p-2/t5-,6-,8+,9-,10-,11-,12-,13-,14-/m1/s1. The first-order valence-electron chi connectivity index (χ1n) is 9.88. The molecule has 1 aromatic rings. The van der Waals surface area contributed by atoms with Gasteiger partial charge >= 0.3 is 5.69 Å². The molecule has 1 aromatic heterocycles. The third-order valence-corrected chi connectivity index (χ3v) is 7.72. The largest absolute Gasteiger partial charge is 0.756 e. The molecule has 0 bridgehead atoms. The van der Waals surface area contributed by atoms with E-state index in [1.807, 2.05) is 4.98 Å². The first-order chi connectivity index (χ1) is 16.1. The molecule has 3 rings (SSSR count). The van der Waals surface area contributed by atoms with Crippen LogP contribution in [0.1, 0.15) is 13.2 Å². The van der Waals surface area contributed by atoms with Crippen molar-refractivity contribution < 1.29 is 62.2 Å². The molecule has 2 fully saturated rings. The summed E-state index contributed by atoms with van der Waals surface area (Å²) < 4.78 is 47.6. The van der Waals surface area contributed by atoms with E-state index in [1.165, 1.54) is 6.92 Å². The lowest BCUT2D eigenvalue weighted by molar-refractivity contribution is -0.284. The number of nitrogens with zero attached hydrogens (tertiary/aromatic N) is 1. The summed E-state index contributed by atoms with van der Waals surface area (Å²) >= 11 is 0. The predicted molar refractivity (Wildman–Crippen MR) is 105 cm³/mol. The van der Waals surface area contributed by atoms with Crippen molar-refractivity contribution in [1.82, 2.24) is 9.55 Å². The zero-order chi connectivity index (χ0) is 26.3. The van der Waals surface area contributed by atoms with Crippen LogP contribution >= 0.6 is 15.6 Å². The van der Waals surface area contributed by atoms with Crippen LogP contribution in [0.4, 0.5) is 0 Å². The zero-order valence-electron chi connectivity index (χ0n) is 17.8. The van der Waals surface area contributed by atoms with Crippen LogP contribution in [0.5, 0.6) is 0 Å². The lowest BCUT2D eigenvalue weighted by atomic mass is 9.98. The highest BCUT2D eigenvalue weighted by atomic mass is 31.3. The van der Waals surface area contributed by atoms with Crippen molar-refractivity contribution in [1.29, 1.82) is 0 Å². The SMILES string of the molecule is C[C@H]1O[C@H](OP(=O)([O-])OP(=O)([O-])OC[C@H]2O[C@@H](n3ccc(=O)[nH]c3=O)[C@H](O)[C@@H]2O)[C@H](O)[C@@H](N)[C@@H]1O. The molecule has 0 spiro atoms. The molecular weight excluding hydrogens is 524 g/mol. The Morgan fingerprint density at radius 1 is 1.09 bits per heavy atom. The molecule has 2 aliphatic heterocycles. The molecule has 0 amide bonds. The molecule has 2 unspecified atom stereocenters. The fourth-order valence-corrected chi connectivity index (χ4v) is 5.42. The average Bonchev–Trinajstić information content (AvgIpc) is 3.02. The van der Waals surface area contributed by atoms with Gasteiger partial charge in [-0.2, -0.15) is 0 Å². The number of aliphatic hydroxyl groups excluding tert-OH is 4. The second-order valence-corrected chi connectivity index (χ2v) is 10.6. The maximum Gasteiger partial charge on any atom is 0.330 e. The fourth-order valence-electron chi connectivity index (χ4n) is 3.34. The van der Waals surface area contributed by atoms with Gasteiger partial charge in [0.2, 0.25) is 0 Å². The van der Waals surface area contributed by atoms with E-state index in [0.29, 0.717) is 0 Å². The monoisotopic (exact) mass is 547 g/mol. The Labute approximate surface area is 195 Å². The van der Waals surface area contributed by atoms with Gasteiger partial charge in [0, 0.05) is 12.3 Å². The molecule has 3 heterocycles. The van der Waals surface area contributed by atoms with Gasteiger partial charge in [-0.3, -0.25) is 28.0 Å². The summed E-state index contributed by atoms with van der Waals surface area (Å²) in [6, 6.07) is -0.449. The van der Waals surface area contributed by atoms with Crippen LogP contribution < -0.4 is 26.8 Å². The summed E-state index contributed by atoms with van der Waals surface area (Å²) in [5.41, 5.74) is 3.79. The molecule has 200 valence electrons. The minimum absolute atomic E-state index is 0.723. The molecule has 11 atom stereocenters. The Balaban J connectivity index is 1.61. The number of nitrogens with two attached hydrogens (primary N) is 1. The van der Waals surface area contributed by atoms with Gasteiger partial charge in [-0.05, 0) is 6.92 Å². The summed E-state index contributed by atoms with van der Waals surface area (Å²) in [5, 5.41) is 39.8.